The maximum atomic E-state index is 12.4. The molecule has 0 spiro atoms. The summed E-state index contributed by atoms with van der Waals surface area (Å²) in [5.74, 6) is -0.347. The Morgan fingerprint density at radius 1 is 1.08 bits per heavy atom. The molecule has 7 nitrogen and oxygen atoms in total. The minimum absolute atomic E-state index is 0.0120. The molecule has 0 bridgehead atoms. The molecule has 0 unspecified atom stereocenters. The van der Waals surface area contributed by atoms with Gasteiger partial charge in [0.25, 0.3) is 5.91 Å². The molecule has 2 aromatic carbocycles. The Morgan fingerprint density at radius 3 is 2.42 bits per heavy atom. The average Bonchev–Trinajstić information content (AvgIpc) is 2.61. The highest BCUT2D eigenvalue weighted by atomic mass is 32.2. The molecule has 1 aliphatic rings. The second-order valence-corrected chi connectivity index (χ2v) is 8.34. The second-order valence-electron chi connectivity index (χ2n) is 6.19. The highest BCUT2D eigenvalue weighted by molar-refractivity contribution is 7.89. The van der Waals surface area contributed by atoms with Crippen molar-refractivity contribution in [3.05, 3.63) is 53.6 Å². The number of aryl methyl sites for hydroxylation is 1. The maximum Gasteiger partial charge on any atom is 0.255 e. The fourth-order valence-electron chi connectivity index (χ4n) is 2.65. The first-order valence-electron chi connectivity index (χ1n) is 8.04. The van der Waals surface area contributed by atoms with E-state index in [2.05, 4.69) is 10.6 Å². The van der Waals surface area contributed by atoms with E-state index in [1.807, 2.05) is 6.07 Å². The number of carbonyl (C=O) groups is 2. The highest BCUT2D eigenvalue weighted by Gasteiger charge is 2.18. The lowest BCUT2D eigenvalue weighted by Gasteiger charge is -2.17. The van der Waals surface area contributed by atoms with Crippen LogP contribution in [-0.4, -0.2) is 38.6 Å². The van der Waals surface area contributed by atoms with Crippen molar-refractivity contribution in [3.63, 3.8) is 0 Å². The number of rotatable bonds is 4. The Labute approximate surface area is 152 Å². The van der Waals surface area contributed by atoms with Crippen molar-refractivity contribution >= 4 is 33.2 Å². The molecule has 26 heavy (non-hydrogen) atoms. The quantitative estimate of drug-likeness (QED) is 0.858. The van der Waals surface area contributed by atoms with Crippen molar-refractivity contribution in [3.8, 4) is 0 Å². The van der Waals surface area contributed by atoms with Crippen molar-refractivity contribution in [1.29, 1.82) is 0 Å². The standard InChI is InChI=1S/C18H19N3O4S/c1-21(2)26(24,25)15-7-3-12(4-8-15)18(23)19-14-6-9-16-13(11-14)5-10-17(22)20-16/h3-4,6-9,11H,5,10H2,1-2H3,(H,19,23)(H,20,22). The molecule has 136 valence electrons. The fraction of sp³-hybridized carbons (Fsp3) is 0.222. The van der Waals surface area contributed by atoms with Gasteiger partial charge in [-0.15, -0.1) is 0 Å². The Bertz CT molecular complexity index is 966. The lowest BCUT2D eigenvalue weighted by Crippen LogP contribution is -2.22. The summed E-state index contributed by atoms with van der Waals surface area (Å²) in [7, 11) is -0.620. The first-order valence-corrected chi connectivity index (χ1v) is 9.48. The normalized spacial score (nSPS) is 13.9. The van der Waals surface area contributed by atoms with Gasteiger partial charge in [-0.2, -0.15) is 0 Å². The molecule has 2 amide bonds. The molecule has 0 fully saturated rings. The highest BCUT2D eigenvalue weighted by Crippen LogP contribution is 2.26. The predicted octanol–water partition coefficient (Wildman–Crippen LogP) is 2.07. The summed E-state index contributed by atoms with van der Waals surface area (Å²) in [5.41, 5.74) is 2.70. The van der Waals surface area contributed by atoms with Crippen LogP contribution in [0.3, 0.4) is 0 Å². The van der Waals surface area contributed by atoms with Crippen molar-refractivity contribution in [1.82, 2.24) is 4.31 Å². The van der Waals surface area contributed by atoms with E-state index in [1.54, 1.807) is 12.1 Å². The summed E-state index contributed by atoms with van der Waals surface area (Å²) in [5, 5.41) is 5.58. The number of anilines is 2. The van der Waals surface area contributed by atoms with E-state index in [0.29, 0.717) is 24.1 Å². The Balaban J connectivity index is 1.75. The molecule has 0 aliphatic carbocycles. The van der Waals surface area contributed by atoms with Crippen LogP contribution in [0.1, 0.15) is 22.3 Å². The van der Waals surface area contributed by atoms with Crippen LogP contribution in [0.2, 0.25) is 0 Å². The van der Waals surface area contributed by atoms with Gasteiger partial charge in [0.1, 0.15) is 0 Å². The third kappa shape index (κ3) is 3.61. The van der Waals surface area contributed by atoms with Gasteiger partial charge in [0.2, 0.25) is 15.9 Å². The van der Waals surface area contributed by atoms with Crippen molar-refractivity contribution in [2.45, 2.75) is 17.7 Å². The van der Waals surface area contributed by atoms with Gasteiger partial charge in [-0.05, 0) is 54.4 Å². The van der Waals surface area contributed by atoms with E-state index in [9.17, 15) is 18.0 Å². The molecular weight excluding hydrogens is 354 g/mol. The van der Waals surface area contributed by atoms with E-state index in [-0.39, 0.29) is 16.7 Å². The van der Waals surface area contributed by atoms with Crippen LogP contribution in [0.25, 0.3) is 0 Å². The molecule has 8 heteroatoms. The lowest BCUT2D eigenvalue weighted by molar-refractivity contribution is -0.116. The van der Waals surface area contributed by atoms with E-state index < -0.39 is 10.0 Å². The van der Waals surface area contributed by atoms with Crippen LogP contribution < -0.4 is 10.6 Å². The largest absolute Gasteiger partial charge is 0.326 e. The van der Waals surface area contributed by atoms with Gasteiger partial charge in [-0.1, -0.05) is 0 Å². The summed E-state index contributed by atoms with van der Waals surface area (Å²) in [6.45, 7) is 0. The van der Waals surface area contributed by atoms with Gasteiger partial charge in [0, 0.05) is 37.5 Å². The fourth-order valence-corrected chi connectivity index (χ4v) is 3.56. The number of hydrogen-bond donors (Lipinski definition) is 2. The molecule has 3 rings (SSSR count). The number of hydrogen-bond acceptors (Lipinski definition) is 4. The van der Waals surface area contributed by atoms with Crippen molar-refractivity contribution in [2.24, 2.45) is 0 Å². The zero-order valence-electron chi connectivity index (χ0n) is 14.4. The molecule has 0 aromatic heterocycles. The Hall–Kier alpha value is -2.71. The number of fused-ring (bicyclic) bond motifs is 1. The molecule has 1 heterocycles. The summed E-state index contributed by atoms with van der Waals surface area (Å²) in [4.78, 5) is 23.9. The van der Waals surface area contributed by atoms with E-state index in [1.165, 1.54) is 38.4 Å². The smallest absolute Gasteiger partial charge is 0.255 e. The number of amides is 2. The van der Waals surface area contributed by atoms with Gasteiger partial charge >= 0.3 is 0 Å². The summed E-state index contributed by atoms with van der Waals surface area (Å²) in [6, 6.07) is 11.1. The van der Waals surface area contributed by atoms with E-state index >= 15 is 0 Å². The second kappa shape index (κ2) is 6.89. The number of nitrogens with one attached hydrogen (secondary N) is 2. The van der Waals surface area contributed by atoms with Gasteiger partial charge < -0.3 is 10.6 Å². The van der Waals surface area contributed by atoms with Gasteiger partial charge in [0.15, 0.2) is 0 Å². The van der Waals surface area contributed by atoms with Gasteiger partial charge in [-0.25, -0.2) is 12.7 Å². The van der Waals surface area contributed by atoms with Crippen molar-refractivity contribution in [2.75, 3.05) is 24.7 Å². The molecule has 0 radical (unpaired) electrons. The first kappa shape index (κ1) is 18.1. The van der Waals surface area contributed by atoms with Crippen LogP contribution >= 0.6 is 0 Å². The van der Waals surface area contributed by atoms with Crippen molar-refractivity contribution < 1.29 is 18.0 Å². The van der Waals surface area contributed by atoms with E-state index in [4.69, 9.17) is 0 Å². The SMILES string of the molecule is CN(C)S(=O)(=O)c1ccc(C(=O)Nc2ccc3c(c2)CCC(=O)N3)cc1. The molecule has 0 saturated heterocycles. The summed E-state index contributed by atoms with van der Waals surface area (Å²) >= 11 is 0. The maximum absolute atomic E-state index is 12.4. The number of benzene rings is 2. The lowest BCUT2D eigenvalue weighted by atomic mass is 10.0. The monoisotopic (exact) mass is 373 g/mol. The third-order valence-electron chi connectivity index (χ3n) is 4.15. The zero-order chi connectivity index (χ0) is 18.9. The number of carbonyl (C=O) groups excluding carboxylic acids is 2. The van der Waals surface area contributed by atoms with Crippen LogP contribution in [-0.2, 0) is 21.2 Å². The first-order chi connectivity index (χ1) is 12.3. The third-order valence-corrected chi connectivity index (χ3v) is 5.98. The zero-order valence-corrected chi connectivity index (χ0v) is 15.3. The summed E-state index contributed by atoms with van der Waals surface area (Å²) in [6.07, 6.45) is 1.05. The van der Waals surface area contributed by atoms with Crippen LogP contribution in [0.4, 0.5) is 11.4 Å². The molecule has 1 aliphatic heterocycles. The number of sulfonamides is 1. The predicted molar refractivity (Wildman–Crippen MR) is 98.7 cm³/mol. The Kier molecular flexibility index (Phi) is 4.80. The van der Waals surface area contributed by atoms with Gasteiger partial charge in [-0.3, -0.25) is 9.59 Å². The van der Waals surface area contributed by atoms with Gasteiger partial charge in [0.05, 0.1) is 4.90 Å². The molecule has 2 N–H and O–H groups in total. The Morgan fingerprint density at radius 2 is 1.77 bits per heavy atom. The molecule has 2 aromatic rings. The van der Waals surface area contributed by atoms with Crippen LogP contribution in [0, 0.1) is 0 Å². The average molecular weight is 373 g/mol. The molecule has 0 saturated carbocycles. The van der Waals surface area contributed by atoms with E-state index in [0.717, 1.165) is 15.6 Å². The topological polar surface area (TPSA) is 95.6 Å². The molecular formula is C18H19N3O4S. The summed E-state index contributed by atoms with van der Waals surface area (Å²) < 4.78 is 25.2. The van der Waals surface area contributed by atoms with Crippen LogP contribution in [0.15, 0.2) is 47.4 Å². The minimum atomic E-state index is -3.53. The van der Waals surface area contributed by atoms with Crippen LogP contribution in [0.5, 0.6) is 0 Å². The molecule has 0 atom stereocenters. The minimum Gasteiger partial charge on any atom is -0.326 e. The number of nitrogens with zero attached hydrogens (tertiary/aromatic N) is 1.